The molecule has 1 atom stereocenters. The maximum absolute atomic E-state index is 13.6. The summed E-state index contributed by atoms with van der Waals surface area (Å²) in [6.07, 6.45) is 2.69. The van der Waals surface area contributed by atoms with E-state index in [1.54, 1.807) is 7.05 Å². The summed E-state index contributed by atoms with van der Waals surface area (Å²) in [5.41, 5.74) is 5.62. The second kappa shape index (κ2) is 8.61. The number of likely N-dealkylation sites (tertiary alicyclic amines) is 1. The summed E-state index contributed by atoms with van der Waals surface area (Å²) in [7, 11) is 1.68. The third-order valence-corrected chi connectivity index (χ3v) is 4.21. The largest absolute Gasteiger partial charge is 0.370 e. The van der Waals surface area contributed by atoms with Crippen molar-refractivity contribution in [3.05, 3.63) is 35.4 Å². The van der Waals surface area contributed by atoms with Crippen molar-refractivity contribution in [3.63, 3.8) is 0 Å². The number of piperidine rings is 1. The van der Waals surface area contributed by atoms with Gasteiger partial charge >= 0.3 is 0 Å². The van der Waals surface area contributed by atoms with Gasteiger partial charge in [0.1, 0.15) is 11.6 Å². The summed E-state index contributed by atoms with van der Waals surface area (Å²) in [4.78, 5) is 17.4. The first-order valence-corrected chi connectivity index (χ1v) is 8.17. The highest BCUT2D eigenvalue weighted by Crippen LogP contribution is 2.19. The Kier molecular flexibility index (Phi) is 6.52. The van der Waals surface area contributed by atoms with Gasteiger partial charge in [-0.15, -0.1) is 0 Å². The Balaban J connectivity index is 1.88. The van der Waals surface area contributed by atoms with Gasteiger partial charge in [0.2, 0.25) is 5.91 Å². The van der Waals surface area contributed by atoms with E-state index < -0.39 is 11.6 Å². The number of nitrogens with two attached hydrogens (primary N) is 1. The lowest BCUT2D eigenvalue weighted by atomic mass is 9.95. The van der Waals surface area contributed by atoms with Gasteiger partial charge < -0.3 is 16.0 Å². The lowest BCUT2D eigenvalue weighted by Crippen LogP contribution is -2.47. The van der Waals surface area contributed by atoms with Crippen molar-refractivity contribution in [1.29, 1.82) is 0 Å². The second-order valence-electron chi connectivity index (χ2n) is 6.08. The maximum atomic E-state index is 13.6. The van der Waals surface area contributed by atoms with E-state index in [2.05, 4.69) is 15.2 Å². The number of aliphatic imine (C=N–C) groups is 1. The fourth-order valence-corrected chi connectivity index (χ4v) is 3.08. The minimum atomic E-state index is -0.443. The van der Waals surface area contributed by atoms with Crippen LogP contribution in [0.15, 0.2) is 23.2 Å². The number of hydrogen-bond donors (Lipinski definition) is 2. The van der Waals surface area contributed by atoms with E-state index in [4.69, 9.17) is 5.73 Å². The average molecular weight is 338 g/mol. The highest BCUT2D eigenvalue weighted by molar-refractivity contribution is 5.80. The topological polar surface area (TPSA) is 70.7 Å². The molecule has 1 unspecified atom stereocenters. The van der Waals surface area contributed by atoms with Crippen LogP contribution in [0.25, 0.3) is 0 Å². The standard InChI is InChI=1S/C17H24F2N4O/c1-21-17(23-8-2-3-12(11-23)9-16(20)24)22-7-6-13-10-14(18)4-5-15(13)19/h4-5,10,12H,2-3,6-9,11H2,1H3,(H2,20,24)(H,21,22). The molecule has 0 radical (unpaired) electrons. The SMILES string of the molecule is CN=C(NCCc1cc(F)ccc1F)N1CCCC(CC(N)=O)C1. The molecule has 1 aliphatic rings. The van der Waals surface area contributed by atoms with Crippen molar-refractivity contribution in [2.75, 3.05) is 26.7 Å². The molecule has 1 aromatic carbocycles. The Morgan fingerprint density at radius 2 is 2.25 bits per heavy atom. The molecule has 0 spiro atoms. The Bertz CT molecular complexity index is 606. The van der Waals surface area contributed by atoms with Gasteiger partial charge in [-0.05, 0) is 48.9 Å². The quantitative estimate of drug-likeness (QED) is 0.634. The van der Waals surface area contributed by atoms with Gasteiger partial charge in [0.05, 0.1) is 0 Å². The number of carbonyl (C=O) groups is 1. The van der Waals surface area contributed by atoms with Crippen LogP contribution in [0.4, 0.5) is 8.78 Å². The van der Waals surface area contributed by atoms with Gasteiger partial charge in [0.25, 0.3) is 0 Å². The highest BCUT2D eigenvalue weighted by Gasteiger charge is 2.23. The molecule has 0 aliphatic carbocycles. The summed E-state index contributed by atoms with van der Waals surface area (Å²) < 4.78 is 26.8. The molecule has 0 aromatic heterocycles. The number of benzene rings is 1. The molecule has 3 N–H and O–H groups in total. The van der Waals surface area contributed by atoms with Crippen molar-refractivity contribution in [2.24, 2.45) is 16.6 Å². The maximum Gasteiger partial charge on any atom is 0.217 e. The predicted molar refractivity (Wildman–Crippen MR) is 89.5 cm³/mol. The number of amides is 1. The van der Waals surface area contributed by atoms with Crippen molar-refractivity contribution in [1.82, 2.24) is 10.2 Å². The Hall–Kier alpha value is -2.18. The molecule has 5 nitrogen and oxygen atoms in total. The molecule has 0 bridgehead atoms. The molecule has 0 saturated carbocycles. The molecule has 1 aromatic rings. The van der Waals surface area contributed by atoms with Crippen LogP contribution in [0.3, 0.4) is 0 Å². The molecule has 132 valence electrons. The van der Waals surface area contributed by atoms with Gasteiger partial charge in [-0.2, -0.15) is 0 Å². The fraction of sp³-hybridized carbons (Fsp3) is 0.529. The zero-order valence-electron chi connectivity index (χ0n) is 13.9. The Morgan fingerprint density at radius 1 is 1.46 bits per heavy atom. The zero-order chi connectivity index (χ0) is 17.5. The van der Waals surface area contributed by atoms with Crippen LogP contribution < -0.4 is 11.1 Å². The second-order valence-corrected chi connectivity index (χ2v) is 6.08. The summed E-state index contributed by atoms with van der Waals surface area (Å²) in [5.74, 6) is -0.198. The molecular weight excluding hydrogens is 314 g/mol. The van der Waals surface area contributed by atoms with E-state index in [9.17, 15) is 13.6 Å². The number of rotatable bonds is 5. The molecule has 24 heavy (non-hydrogen) atoms. The van der Waals surface area contributed by atoms with Gasteiger partial charge in [-0.3, -0.25) is 9.79 Å². The van der Waals surface area contributed by atoms with Gasteiger partial charge in [0.15, 0.2) is 5.96 Å². The van der Waals surface area contributed by atoms with Crippen LogP contribution in [-0.4, -0.2) is 43.4 Å². The summed E-state index contributed by atoms with van der Waals surface area (Å²) in [6, 6.07) is 3.46. The number of carbonyl (C=O) groups excluding carboxylic acids is 1. The number of halogens is 2. The molecule has 1 aliphatic heterocycles. The van der Waals surface area contributed by atoms with E-state index in [1.165, 1.54) is 6.07 Å². The van der Waals surface area contributed by atoms with E-state index in [0.717, 1.165) is 38.1 Å². The van der Waals surface area contributed by atoms with Gasteiger partial charge in [0, 0.05) is 33.1 Å². The summed E-state index contributed by atoms with van der Waals surface area (Å²) in [6.45, 7) is 2.02. The molecule has 1 amide bonds. The normalized spacial score (nSPS) is 18.5. The molecule has 1 heterocycles. The monoisotopic (exact) mass is 338 g/mol. The van der Waals surface area contributed by atoms with Crippen molar-refractivity contribution in [2.45, 2.75) is 25.7 Å². The van der Waals surface area contributed by atoms with Crippen LogP contribution in [-0.2, 0) is 11.2 Å². The highest BCUT2D eigenvalue weighted by atomic mass is 19.1. The summed E-state index contributed by atoms with van der Waals surface area (Å²) >= 11 is 0. The Labute approximate surface area is 140 Å². The van der Waals surface area contributed by atoms with Crippen molar-refractivity contribution < 1.29 is 13.6 Å². The van der Waals surface area contributed by atoms with E-state index in [1.807, 2.05) is 0 Å². The fourth-order valence-electron chi connectivity index (χ4n) is 3.08. The van der Waals surface area contributed by atoms with Crippen LogP contribution in [0.2, 0.25) is 0 Å². The van der Waals surface area contributed by atoms with Crippen LogP contribution in [0.5, 0.6) is 0 Å². The lowest BCUT2D eigenvalue weighted by molar-refractivity contribution is -0.119. The molecule has 1 fully saturated rings. The number of nitrogens with zero attached hydrogens (tertiary/aromatic N) is 2. The first-order valence-electron chi connectivity index (χ1n) is 8.17. The third kappa shape index (κ3) is 5.18. The smallest absolute Gasteiger partial charge is 0.217 e. The summed E-state index contributed by atoms with van der Waals surface area (Å²) in [5, 5.41) is 3.18. The van der Waals surface area contributed by atoms with E-state index in [-0.39, 0.29) is 11.8 Å². The number of primary amides is 1. The lowest BCUT2D eigenvalue weighted by Gasteiger charge is -2.34. The zero-order valence-corrected chi connectivity index (χ0v) is 13.9. The minimum absolute atomic E-state index is 0.232. The Morgan fingerprint density at radius 3 is 2.96 bits per heavy atom. The molecule has 7 heteroatoms. The molecule has 1 saturated heterocycles. The molecule has 2 rings (SSSR count). The number of hydrogen-bond acceptors (Lipinski definition) is 2. The third-order valence-electron chi connectivity index (χ3n) is 4.21. The van der Waals surface area contributed by atoms with Crippen LogP contribution >= 0.6 is 0 Å². The van der Waals surface area contributed by atoms with Crippen LogP contribution in [0.1, 0.15) is 24.8 Å². The first kappa shape index (κ1) is 18.2. The van der Waals surface area contributed by atoms with Crippen molar-refractivity contribution >= 4 is 11.9 Å². The average Bonchev–Trinajstić information content (AvgIpc) is 2.54. The van der Waals surface area contributed by atoms with Gasteiger partial charge in [-0.1, -0.05) is 0 Å². The van der Waals surface area contributed by atoms with E-state index in [0.29, 0.717) is 30.9 Å². The predicted octanol–water partition coefficient (Wildman–Crippen LogP) is 1.67. The number of guanidine groups is 1. The minimum Gasteiger partial charge on any atom is -0.370 e. The van der Waals surface area contributed by atoms with E-state index >= 15 is 0 Å². The van der Waals surface area contributed by atoms with Crippen LogP contribution in [0, 0.1) is 17.6 Å². The van der Waals surface area contributed by atoms with Gasteiger partial charge in [-0.25, -0.2) is 8.78 Å². The molecular formula is C17H24F2N4O. The number of nitrogens with one attached hydrogen (secondary N) is 1. The first-order chi connectivity index (χ1) is 11.5. The van der Waals surface area contributed by atoms with Crippen molar-refractivity contribution in [3.8, 4) is 0 Å².